The van der Waals surface area contributed by atoms with Gasteiger partial charge in [-0.3, -0.25) is 4.90 Å². The van der Waals surface area contributed by atoms with Crippen LogP contribution >= 0.6 is 12.2 Å². The van der Waals surface area contributed by atoms with Crippen LogP contribution in [0.25, 0.3) is 17.0 Å². The van der Waals surface area contributed by atoms with Gasteiger partial charge in [-0.05, 0) is 62.0 Å². The van der Waals surface area contributed by atoms with Crippen molar-refractivity contribution >= 4 is 28.6 Å². The van der Waals surface area contributed by atoms with E-state index in [1.54, 1.807) is 6.07 Å². The highest BCUT2D eigenvalue weighted by molar-refractivity contribution is 7.80. The SMILES string of the molecule is COc1ccc(-c2noc(C3=C(C)N(c4ccc(C)cc4)C(=S)NC3c3ccccc3)n2)cc1F. The second-order valence-electron chi connectivity index (χ2n) is 8.24. The van der Waals surface area contributed by atoms with Crippen LogP contribution < -0.4 is 15.0 Å². The molecule has 8 heteroatoms. The maximum atomic E-state index is 14.3. The highest BCUT2D eigenvalue weighted by atomic mass is 32.1. The van der Waals surface area contributed by atoms with E-state index in [2.05, 4.69) is 15.5 Å². The monoisotopic (exact) mass is 486 g/mol. The Morgan fingerprint density at radius 1 is 1.03 bits per heavy atom. The average molecular weight is 487 g/mol. The minimum absolute atomic E-state index is 0.152. The van der Waals surface area contributed by atoms with Crippen molar-refractivity contribution in [3.8, 4) is 17.1 Å². The molecule has 0 radical (unpaired) electrons. The molecule has 4 aromatic rings. The molecule has 0 fully saturated rings. The smallest absolute Gasteiger partial charge is 0.258 e. The summed E-state index contributed by atoms with van der Waals surface area (Å²) in [6.45, 7) is 4.02. The fourth-order valence-electron chi connectivity index (χ4n) is 4.18. The molecule has 1 aliphatic heterocycles. The number of anilines is 1. The van der Waals surface area contributed by atoms with Gasteiger partial charge in [0.1, 0.15) is 0 Å². The van der Waals surface area contributed by atoms with E-state index in [4.69, 9.17) is 21.5 Å². The number of nitrogens with zero attached hydrogens (tertiary/aromatic N) is 3. The van der Waals surface area contributed by atoms with E-state index in [1.807, 2.05) is 73.3 Å². The van der Waals surface area contributed by atoms with Gasteiger partial charge in [0.25, 0.3) is 5.89 Å². The molecule has 0 amide bonds. The molecule has 0 spiro atoms. The molecule has 1 unspecified atom stereocenters. The lowest BCUT2D eigenvalue weighted by molar-refractivity contribution is 0.386. The van der Waals surface area contributed by atoms with Gasteiger partial charge in [0.2, 0.25) is 5.82 Å². The predicted octanol–water partition coefficient (Wildman–Crippen LogP) is 6.06. The van der Waals surface area contributed by atoms with Crippen LogP contribution in [0, 0.1) is 12.7 Å². The number of thiocarbonyl (C=S) groups is 1. The molecule has 2 heterocycles. The van der Waals surface area contributed by atoms with Crippen molar-refractivity contribution in [1.29, 1.82) is 0 Å². The van der Waals surface area contributed by atoms with Crippen molar-refractivity contribution in [2.75, 3.05) is 12.0 Å². The zero-order valence-electron chi connectivity index (χ0n) is 19.4. The number of ether oxygens (including phenoxy) is 1. The van der Waals surface area contributed by atoms with E-state index in [0.29, 0.717) is 16.6 Å². The van der Waals surface area contributed by atoms with Crippen LogP contribution in [0.2, 0.25) is 0 Å². The van der Waals surface area contributed by atoms with Crippen molar-refractivity contribution in [3.05, 3.63) is 101 Å². The van der Waals surface area contributed by atoms with E-state index >= 15 is 0 Å². The summed E-state index contributed by atoms with van der Waals surface area (Å²) < 4.78 is 25.0. The van der Waals surface area contributed by atoms with E-state index < -0.39 is 5.82 Å². The normalized spacial score (nSPS) is 15.8. The second-order valence-corrected chi connectivity index (χ2v) is 8.62. The summed E-state index contributed by atoms with van der Waals surface area (Å²) in [6, 6.07) is 22.3. The maximum absolute atomic E-state index is 14.3. The number of hydrogen-bond acceptors (Lipinski definition) is 5. The first-order valence-corrected chi connectivity index (χ1v) is 11.5. The topological polar surface area (TPSA) is 63.4 Å². The Hall–Kier alpha value is -4.04. The number of allylic oxidation sites excluding steroid dienone is 1. The van der Waals surface area contributed by atoms with E-state index in [1.165, 1.54) is 19.2 Å². The Morgan fingerprint density at radius 2 is 1.77 bits per heavy atom. The quantitative estimate of drug-likeness (QED) is 0.344. The van der Waals surface area contributed by atoms with Crippen LogP contribution in [0.15, 0.2) is 83.0 Å². The third-order valence-electron chi connectivity index (χ3n) is 5.98. The third-order valence-corrected chi connectivity index (χ3v) is 6.28. The maximum Gasteiger partial charge on any atom is 0.258 e. The van der Waals surface area contributed by atoms with Crippen molar-refractivity contribution in [2.24, 2.45) is 0 Å². The minimum Gasteiger partial charge on any atom is -0.494 e. The van der Waals surface area contributed by atoms with Crippen LogP contribution in [0.3, 0.4) is 0 Å². The fraction of sp³-hybridized carbons (Fsp3) is 0.148. The van der Waals surface area contributed by atoms with Gasteiger partial charge in [-0.1, -0.05) is 53.2 Å². The highest BCUT2D eigenvalue weighted by Gasteiger charge is 2.34. The Morgan fingerprint density at radius 3 is 2.46 bits per heavy atom. The second kappa shape index (κ2) is 9.31. The van der Waals surface area contributed by atoms with Gasteiger partial charge in [0.15, 0.2) is 16.7 Å². The van der Waals surface area contributed by atoms with Crippen LogP contribution in [-0.2, 0) is 0 Å². The molecular formula is C27H23FN4O2S. The van der Waals surface area contributed by atoms with Gasteiger partial charge < -0.3 is 14.6 Å². The first-order valence-electron chi connectivity index (χ1n) is 11.1. The molecule has 3 aromatic carbocycles. The van der Waals surface area contributed by atoms with Crippen molar-refractivity contribution < 1.29 is 13.7 Å². The Bertz CT molecular complexity index is 1420. The molecule has 1 aromatic heterocycles. The lowest BCUT2D eigenvalue weighted by atomic mass is 9.94. The van der Waals surface area contributed by atoms with Gasteiger partial charge in [-0.25, -0.2) is 4.39 Å². The molecule has 1 N–H and O–H groups in total. The molecule has 6 nitrogen and oxygen atoms in total. The Labute approximate surface area is 208 Å². The number of halogens is 1. The zero-order chi connectivity index (χ0) is 24.5. The molecule has 0 saturated carbocycles. The first-order chi connectivity index (χ1) is 17.0. The minimum atomic E-state index is -0.496. The van der Waals surface area contributed by atoms with Gasteiger partial charge in [0, 0.05) is 16.9 Å². The van der Waals surface area contributed by atoms with E-state index in [0.717, 1.165) is 28.1 Å². The lowest BCUT2D eigenvalue weighted by Crippen LogP contribution is -2.46. The van der Waals surface area contributed by atoms with Crippen LogP contribution in [0.1, 0.15) is 30.0 Å². The van der Waals surface area contributed by atoms with E-state index in [9.17, 15) is 4.39 Å². The predicted molar refractivity (Wildman–Crippen MR) is 137 cm³/mol. The lowest BCUT2D eigenvalue weighted by Gasteiger charge is -2.37. The highest BCUT2D eigenvalue weighted by Crippen LogP contribution is 2.39. The largest absolute Gasteiger partial charge is 0.494 e. The molecule has 1 atom stereocenters. The average Bonchev–Trinajstić information content (AvgIpc) is 3.35. The number of benzene rings is 3. The van der Waals surface area contributed by atoms with Crippen LogP contribution in [-0.4, -0.2) is 22.4 Å². The third kappa shape index (κ3) is 4.28. The zero-order valence-corrected chi connectivity index (χ0v) is 20.3. The summed E-state index contributed by atoms with van der Waals surface area (Å²) in [5.41, 5.74) is 5.22. The molecule has 1 aliphatic rings. The molecule has 0 aliphatic carbocycles. The molecule has 35 heavy (non-hydrogen) atoms. The van der Waals surface area contributed by atoms with Crippen LogP contribution in [0.4, 0.5) is 10.1 Å². The number of aryl methyl sites for hydroxylation is 1. The van der Waals surface area contributed by atoms with Gasteiger partial charge in [-0.2, -0.15) is 4.98 Å². The molecule has 5 rings (SSSR count). The fourth-order valence-corrected chi connectivity index (χ4v) is 4.54. The molecule has 0 saturated heterocycles. The van der Waals surface area contributed by atoms with Gasteiger partial charge in [-0.15, -0.1) is 0 Å². The van der Waals surface area contributed by atoms with Crippen LogP contribution in [0.5, 0.6) is 5.75 Å². The molecular weight excluding hydrogens is 463 g/mol. The number of aromatic nitrogens is 2. The van der Waals surface area contributed by atoms with Gasteiger partial charge >= 0.3 is 0 Å². The Balaban J connectivity index is 1.63. The summed E-state index contributed by atoms with van der Waals surface area (Å²) in [4.78, 5) is 6.60. The van der Waals surface area contributed by atoms with Crippen molar-refractivity contribution in [2.45, 2.75) is 19.9 Å². The summed E-state index contributed by atoms with van der Waals surface area (Å²) in [7, 11) is 1.42. The van der Waals surface area contributed by atoms with Crippen molar-refractivity contribution in [3.63, 3.8) is 0 Å². The van der Waals surface area contributed by atoms with E-state index in [-0.39, 0.29) is 17.6 Å². The number of rotatable bonds is 5. The Kier molecular flexibility index (Phi) is 6.05. The summed E-state index contributed by atoms with van der Waals surface area (Å²) in [6.07, 6.45) is 0. The number of methoxy groups -OCH3 is 1. The molecule has 0 bridgehead atoms. The molecule has 176 valence electrons. The summed E-state index contributed by atoms with van der Waals surface area (Å²) in [5.74, 6) is 0.265. The summed E-state index contributed by atoms with van der Waals surface area (Å²) >= 11 is 5.78. The first kappa shape index (κ1) is 22.7. The number of hydrogen-bond donors (Lipinski definition) is 1. The number of nitrogens with one attached hydrogen (secondary N) is 1. The standard InChI is InChI=1S/C27H23FN4O2S/c1-16-9-12-20(13-10-16)32-17(2)23(24(29-27(32)35)18-7-5-4-6-8-18)26-30-25(31-34-26)19-11-14-22(33-3)21(28)15-19/h4-15,24H,1-3H3,(H,29,35). The van der Waals surface area contributed by atoms with Crippen molar-refractivity contribution in [1.82, 2.24) is 15.5 Å². The summed E-state index contributed by atoms with van der Waals surface area (Å²) in [5, 5.41) is 8.16. The van der Waals surface area contributed by atoms with Gasteiger partial charge in [0.05, 0.1) is 18.7 Å².